The first-order valence-corrected chi connectivity index (χ1v) is 8.28. The Labute approximate surface area is 153 Å². The molecule has 0 aliphatic rings. The van der Waals surface area contributed by atoms with Crippen LogP contribution in [0.25, 0.3) is 11.1 Å². The molecule has 0 bridgehead atoms. The molecule has 0 aliphatic heterocycles. The van der Waals surface area contributed by atoms with E-state index in [0.29, 0.717) is 10.2 Å². The predicted molar refractivity (Wildman–Crippen MR) is 101 cm³/mol. The van der Waals surface area contributed by atoms with Crippen LogP contribution in [0, 0.1) is 0 Å². The highest BCUT2D eigenvalue weighted by Gasteiger charge is 2.15. The van der Waals surface area contributed by atoms with Crippen molar-refractivity contribution in [2.24, 2.45) is 5.16 Å². The summed E-state index contributed by atoms with van der Waals surface area (Å²) in [5.74, 6) is -0.0749. The Bertz CT molecular complexity index is 901. The highest BCUT2D eigenvalue weighted by atomic mass is 79.9. The van der Waals surface area contributed by atoms with Crippen LogP contribution in [-0.4, -0.2) is 19.2 Å². The Morgan fingerprint density at radius 1 is 1.16 bits per heavy atom. The number of hydrogen-bond donors (Lipinski definition) is 1. The second-order valence-corrected chi connectivity index (χ2v) is 5.99. The fourth-order valence-electron chi connectivity index (χ4n) is 2.34. The summed E-state index contributed by atoms with van der Waals surface area (Å²) >= 11 is 3.30. The summed E-state index contributed by atoms with van der Waals surface area (Å²) in [4.78, 5) is 17.1. The smallest absolute Gasteiger partial charge is 0.292 e. The maximum Gasteiger partial charge on any atom is 0.292 e. The molecule has 0 unspecified atom stereocenters. The van der Waals surface area contributed by atoms with Crippen LogP contribution >= 0.6 is 15.9 Å². The van der Waals surface area contributed by atoms with Gasteiger partial charge in [0.05, 0.1) is 17.0 Å². The van der Waals surface area contributed by atoms with Gasteiger partial charge in [0.1, 0.15) is 7.11 Å². The van der Waals surface area contributed by atoms with Gasteiger partial charge in [-0.2, -0.15) is 0 Å². The molecule has 0 saturated heterocycles. The van der Waals surface area contributed by atoms with Gasteiger partial charge in [0, 0.05) is 11.3 Å². The highest BCUT2D eigenvalue weighted by molar-refractivity contribution is 9.10. The van der Waals surface area contributed by atoms with E-state index in [4.69, 9.17) is 4.42 Å². The standard InChI is InChI=1S/C19H15BrN2O3/c1-24-21-12-13-6-8-14(9-7-13)15-4-2-3-5-17(15)22-19(23)18-16(20)10-11-25-18/h2-12H,1H3,(H,22,23)/b21-12+. The van der Waals surface area contributed by atoms with Crippen molar-refractivity contribution in [2.45, 2.75) is 0 Å². The van der Waals surface area contributed by atoms with Crippen LogP contribution in [0.3, 0.4) is 0 Å². The average molecular weight is 399 g/mol. The lowest BCUT2D eigenvalue weighted by Crippen LogP contribution is -2.12. The minimum absolute atomic E-state index is 0.237. The molecule has 1 aromatic heterocycles. The minimum atomic E-state index is -0.312. The first-order valence-electron chi connectivity index (χ1n) is 7.49. The Hall–Kier alpha value is -2.86. The van der Waals surface area contributed by atoms with E-state index in [-0.39, 0.29) is 11.7 Å². The molecule has 126 valence electrons. The molecule has 0 atom stereocenters. The van der Waals surface area contributed by atoms with Crippen LogP contribution in [0.4, 0.5) is 5.69 Å². The lowest BCUT2D eigenvalue weighted by molar-refractivity contribution is 0.0995. The largest absolute Gasteiger partial charge is 0.458 e. The topological polar surface area (TPSA) is 63.8 Å². The number of halogens is 1. The van der Waals surface area contributed by atoms with Gasteiger partial charge in [-0.15, -0.1) is 0 Å². The van der Waals surface area contributed by atoms with Gasteiger partial charge in [-0.3, -0.25) is 4.79 Å². The molecule has 0 radical (unpaired) electrons. The van der Waals surface area contributed by atoms with Gasteiger partial charge in [0.2, 0.25) is 5.76 Å². The molecule has 0 fully saturated rings. The summed E-state index contributed by atoms with van der Waals surface area (Å²) in [7, 11) is 1.50. The number of carbonyl (C=O) groups is 1. The van der Waals surface area contributed by atoms with Crippen LogP contribution in [0.1, 0.15) is 16.1 Å². The van der Waals surface area contributed by atoms with Gasteiger partial charge in [0.25, 0.3) is 5.91 Å². The first kappa shape index (κ1) is 17.0. The fourth-order valence-corrected chi connectivity index (χ4v) is 2.72. The van der Waals surface area contributed by atoms with Gasteiger partial charge in [-0.05, 0) is 39.2 Å². The normalized spacial score (nSPS) is 10.8. The van der Waals surface area contributed by atoms with E-state index in [1.165, 1.54) is 13.4 Å². The quantitative estimate of drug-likeness (QED) is 0.488. The van der Waals surface area contributed by atoms with Gasteiger partial charge < -0.3 is 14.6 Å². The summed E-state index contributed by atoms with van der Waals surface area (Å²) < 4.78 is 5.83. The van der Waals surface area contributed by atoms with E-state index in [9.17, 15) is 4.79 Å². The maximum absolute atomic E-state index is 12.4. The third kappa shape index (κ3) is 3.97. The summed E-state index contributed by atoms with van der Waals surface area (Å²) in [6, 6.07) is 17.1. The number of rotatable bonds is 5. The van der Waals surface area contributed by atoms with E-state index in [2.05, 4.69) is 31.2 Å². The van der Waals surface area contributed by atoms with Crippen molar-refractivity contribution in [2.75, 3.05) is 12.4 Å². The van der Waals surface area contributed by atoms with E-state index in [1.807, 2.05) is 48.5 Å². The number of oxime groups is 1. The Morgan fingerprint density at radius 2 is 1.92 bits per heavy atom. The van der Waals surface area contributed by atoms with E-state index in [0.717, 1.165) is 16.7 Å². The molecule has 0 aliphatic carbocycles. The van der Waals surface area contributed by atoms with Crippen LogP contribution in [0.2, 0.25) is 0 Å². The van der Waals surface area contributed by atoms with Crippen molar-refractivity contribution < 1.29 is 14.0 Å². The third-order valence-electron chi connectivity index (χ3n) is 3.53. The number of nitrogens with one attached hydrogen (secondary N) is 1. The molecule has 0 spiro atoms. The summed E-state index contributed by atoms with van der Waals surface area (Å²) in [5.41, 5.74) is 3.51. The SMILES string of the molecule is CO/N=C/c1ccc(-c2ccccc2NC(=O)c2occc2Br)cc1. The van der Waals surface area contributed by atoms with Crippen molar-refractivity contribution in [1.29, 1.82) is 0 Å². The monoisotopic (exact) mass is 398 g/mol. The second-order valence-electron chi connectivity index (χ2n) is 5.14. The molecular formula is C19H15BrN2O3. The van der Waals surface area contributed by atoms with Crippen molar-refractivity contribution in [3.8, 4) is 11.1 Å². The van der Waals surface area contributed by atoms with Gasteiger partial charge in [0.15, 0.2) is 0 Å². The van der Waals surface area contributed by atoms with E-state index < -0.39 is 0 Å². The number of amides is 1. The summed E-state index contributed by atoms with van der Waals surface area (Å²) in [6.45, 7) is 0. The molecule has 3 aromatic rings. The van der Waals surface area contributed by atoms with Crippen LogP contribution in [0.5, 0.6) is 0 Å². The summed E-state index contributed by atoms with van der Waals surface area (Å²) in [5, 5.41) is 6.63. The molecule has 3 rings (SSSR count). The minimum Gasteiger partial charge on any atom is -0.458 e. The van der Waals surface area contributed by atoms with Crippen molar-refractivity contribution in [3.63, 3.8) is 0 Å². The number of nitrogens with zero attached hydrogens (tertiary/aromatic N) is 1. The number of para-hydroxylation sites is 1. The number of anilines is 1. The Balaban J connectivity index is 1.87. The zero-order chi connectivity index (χ0) is 17.6. The van der Waals surface area contributed by atoms with Crippen molar-refractivity contribution >= 4 is 33.7 Å². The molecule has 1 heterocycles. The summed E-state index contributed by atoms with van der Waals surface area (Å²) in [6.07, 6.45) is 3.09. The number of hydrogen-bond acceptors (Lipinski definition) is 4. The number of carbonyl (C=O) groups excluding carboxylic acids is 1. The molecule has 25 heavy (non-hydrogen) atoms. The molecule has 0 saturated carbocycles. The second kappa shape index (κ2) is 7.81. The van der Waals surface area contributed by atoms with Gasteiger partial charge >= 0.3 is 0 Å². The lowest BCUT2D eigenvalue weighted by atomic mass is 10.0. The van der Waals surface area contributed by atoms with Crippen LogP contribution in [0.15, 0.2) is 74.9 Å². The highest BCUT2D eigenvalue weighted by Crippen LogP contribution is 2.29. The molecule has 2 aromatic carbocycles. The third-order valence-corrected chi connectivity index (χ3v) is 4.15. The molecule has 1 N–H and O–H groups in total. The zero-order valence-electron chi connectivity index (χ0n) is 13.4. The number of furan rings is 1. The van der Waals surface area contributed by atoms with Crippen molar-refractivity contribution in [3.05, 3.63) is 76.7 Å². The Kier molecular flexibility index (Phi) is 5.30. The van der Waals surface area contributed by atoms with E-state index in [1.54, 1.807) is 12.3 Å². The molecule has 6 heteroatoms. The number of benzene rings is 2. The average Bonchev–Trinajstić information content (AvgIpc) is 3.07. The molecular weight excluding hydrogens is 384 g/mol. The Morgan fingerprint density at radius 3 is 2.60 bits per heavy atom. The maximum atomic E-state index is 12.4. The van der Waals surface area contributed by atoms with Crippen LogP contribution < -0.4 is 5.32 Å². The van der Waals surface area contributed by atoms with Gasteiger partial charge in [-0.1, -0.05) is 47.6 Å². The van der Waals surface area contributed by atoms with Crippen molar-refractivity contribution in [1.82, 2.24) is 0 Å². The predicted octanol–water partition coefficient (Wildman–Crippen LogP) is 4.94. The first-order chi connectivity index (χ1) is 12.2. The molecule has 5 nitrogen and oxygen atoms in total. The zero-order valence-corrected chi connectivity index (χ0v) is 15.0. The lowest BCUT2D eigenvalue weighted by Gasteiger charge is -2.11. The van der Waals surface area contributed by atoms with Gasteiger partial charge in [-0.25, -0.2) is 0 Å². The molecule has 1 amide bonds. The van der Waals surface area contributed by atoms with E-state index >= 15 is 0 Å². The fraction of sp³-hybridized carbons (Fsp3) is 0.0526. The van der Waals surface area contributed by atoms with Crippen LogP contribution in [-0.2, 0) is 4.84 Å².